The first-order valence-corrected chi connectivity index (χ1v) is 5.70. The summed E-state index contributed by atoms with van der Waals surface area (Å²) in [6, 6.07) is 5.85. The van der Waals surface area contributed by atoms with Gasteiger partial charge in [-0.1, -0.05) is 6.92 Å². The van der Waals surface area contributed by atoms with Crippen LogP contribution in [0.2, 0.25) is 0 Å². The molecule has 3 nitrogen and oxygen atoms in total. The van der Waals surface area contributed by atoms with Gasteiger partial charge in [-0.2, -0.15) is 5.26 Å². The fraction of sp³-hybridized carbons (Fsp3) is 0.538. The van der Waals surface area contributed by atoms with E-state index in [1.807, 2.05) is 26.1 Å². The van der Waals surface area contributed by atoms with E-state index >= 15 is 0 Å². The highest BCUT2D eigenvalue weighted by Gasteiger charge is 2.33. The summed E-state index contributed by atoms with van der Waals surface area (Å²) in [5, 5.41) is 8.91. The largest absolute Gasteiger partial charge is 0.359 e. The van der Waals surface area contributed by atoms with Gasteiger partial charge in [0.2, 0.25) is 0 Å². The van der Waals surface area contributed by atoms with Gasteiger partial charge in [0.05, 0.1) is 11.6 Å². The van der Waals surface area contributed by atoms with Gasteiger partial charge in [-0.15, -0.1) is 0 Å². The molecule has 1 saturated carbocycles. The second-order valence-electron chi connectivity index (χ2n) is 4.82. The van der Waals surface area contributed by atoms with Crippen LogP contribution in [0, 0.1) is 30.1 Å². The Labute approximate surface area is 96.7 Å². The van der Waals surface area contributed by atoms with Crippen molar-refractivity contribution >= 4 is 5.82 Å². The second kappa shape index (κ2) is 4.13. The summed E-state index contributed by atoms with van der Waals surface area (Å²) in [6.45, 7) is 5.25. The lowest BCUT2D eigenvalue weighted by molar-refractivity contribution is 0.718. The molecule has 1 fully saturated rings. The van der Waals surface area contributed by atoms with Crippen LogP contribution < -0.4 is 4.90 Å². The highest BCUT2D eigenvalue weighted by Crippen LogP contribution is 2.38. The molecule has 3 heteroatoms. The number of rotatable bonds is 3. The monoisotopic (exact) mass is 215 g/mol. The van der Waals surface area contributed by atoms with Crippen LogP contribution in [0.5, 0.6) is 0 Å². The van der Waals surface area contributed by atoms with Crippen LogP contribution in [-0.2, 0) is 0 Å². The van der Waals surface area contributed by atoms with E-state index in [0.717, 1.165) is 29.9 Å². The molecule has 0 aliphatic heterocycles. The highest BCUT2D eigenvalue weighted by atomic mass is 15.2. The lowest BCUT2D eigenvalue weighted by Gasteiger charge is -2.18. The van der Waals surface area contributed by atoms with Crippen molar-refractivity contribution in [1.29, 1.82) is 5.26 Å². The molecule has 0 bridgehead atoms. The predicted molar refractivity (Wildman–Crippen MR) is 64.2 cm³/mol. The predicted octanol–water partition coefficient (Wildman–Crippen LogP) is 2.35. The van der Waals surface area contributed by atoms with Crippen LogP contribution in [0.15, 0.2) is 12.1 Å². The van der Waals surface area contributed by atoms with Crippen LogP contribution in [0.1, 0.15) is 24.6 Å². The van der Waals surface area contributed by atoms with E-state index in [0.29, 0.717) is 5.56 Å². The quantitative estimate of drug-likeness (QED) is 0.777. The third-order valence-electron chi connectivity index (χ3n) is 3.24. The van der Waals surface area contributed by atoms with E-state index < -0.39 is 0 Å². The van der Waals surface area contributed by atoms with Crippen molar-refractivity contribution in [1.82, 2.24) is 4.98 Å². The normalized spacial score (nSPS) is 22.6. The summed E-state index contributed by atoms with van der Waals surface area (Å²) in [4.78, 5) is 6.62. The van der Waals surface area contributed by atoms with Crippen molar-refractivity contribution < 1.29 is 0 Å². The van der Waals surface area contributed by atoms with E-state index in [9.17, 15) is 0 Å². The highest BCUT2D eigenvalue weighted by molar-refractivity contribution is 5.46. The molecule has 84 valence electrons. The Hall–Kier alpha value is -1.56. The summed E-state index contributed by atoms with van der Waals surface area (Å²) in [5.41, 5.74) is 1.60. The molecule has 1 aromatic rings. The summed E-state index contributed by atoms with van der Waals surface area (Å²) in [5.74, 6) is 2.57. The van der Waals surface area contributed by atoms with Crippen LogP contribution in [0.25, 0.3) is 0 Å². The lowest BCUT2D eigenvalue weighted by Crippen LogP contribution is -2.21. The van der Waals surface area contributed by atoms with Gasteiger partial charge in [-0.3, -0.25) is 0 Å². The Bertz CT molecular complexity index is 433. The second-order valence-corrected chi connectivity index (χ2v) is 4.82. The van der Waals surface area contributed by atoms with Crippen molar-refractivity contribution in [3.05, 3.63) is 23.4 Å². The zero-order chi connectivity index (χ0) is 11.7. The van der Waals surface area contributed by atoms with Crippen LogP contribution in [0.4, 0.5) is 5.82 Å². The molecule has 2 unspecified atom stereocenters. The molecule has 1 aromatic heterocycles. The lowest BCUT2D eigenvalue weighted by atomic mass is 10.2. The van der Waals surface area contributed by atoms with E-state index in [2.05, 4.69) is 22.9 Å². The number of aryl methyl sites for hydroxylation is 1. The van der Waals surface area contributed by atoms with Crippen molar-refractivity contribution in [2.45, 2.75) is 20.3 Å². The van der Waals surface area contributed by atoms with Gasteiger partial charge < -0.3 is 4.90 Å². The van der Waals surface area contributed by atoms with Crippen molar-refractivity contribution in [2.75, 3.05) is 18.5 Å². The van der Waals surface area contributed by atoms with Crippen molar-refractivity contribution in [2.24, 2.45) is 11.8 Å². The minimum absolute atomic E-state index is 0.693. The van der Waals surface area contributed by atoms with Gasteiger partial charge in [0.1, 0.15) is 5.82 Å². The number of hydrogen-bond acceptors (Lipinski definition) is 3. The fourth-order valence-corrected chi connectivity index (χ4v) is 2.01. The molecular formula is C13H17N3. The standard InChI is InChI=1S/C13H17N3/c1-9-4-12(9)8-16(3)13-6-11(7-14)5-10(2)15-13/h5-6,9,12H,4,8H2,1-3H3. The van der Waals surface area contributed by atoms with E-state index in [1.165, 1.54) is 6.42 Å². The average molecular weight is 215 g/mol. The Morgan fingerprint density at radius 1 is 1.56 bits per heavy atom. The molecule has 2 atom stereocenters. The van der Waals surface area contributed by atoms with Gasteiger partial charge in [0.15, 0.2) is 0 Å². The number of aromatic nitrogens is 1. The minimum atomic E-state index is 0.693. The molecular weight excluding hydrogens is 198 g/mol. The molecule has 2 rings (SSSR count). The van der Waals surface area contributed by atoms with Crippen LogP contribution >= 0.6 is 0 Å². The summed E-state index contributed by atoms with van der Waals surface area (Å²) in [7, 11) is 2.05. The Balaban J connectivity index is 2.13. The minimum Gasteiger partial charge on any atom is -0.359 e. The fourth-order valence-electron chi connectivity index (χ4n) is 2.01. The first kappa shape index (κ1) is 10.9. The van der Waals surface area contributed by atoms with Crippen LogP contribution in [-0.4, -0.2) is 18.6 Å². The zero-order valence-corrected chi connectivity index (χ0v) is 10.1. The maximum absolute atomic E-state index is 8.91. The first-order valence-electron chi connectivity index (χ1n) is 5.70. The molecule has 0 radical (unpaired) electrons. The summed E-state index contributed by atoms with van der Waals surface area (Å²) >= 11 is 0. The third kappa shape index (κ3) is 2.33. The molecule has 1 aliphatic rings. The summed E-state index contributed by atoms with van der Waals surface area (Å²) < 4.78 is 0. The molecule has 0 aromatic carbocycles. The number of nitriles is 1. The SMILES string of the molecule is Cc1cc(C#N)cc(N(C)CC2CC2C)n1. The van der Waals surface area contributed by atoms with Gasteiger partial charge in [-0.05, 0) is 37.3 Å². The number of hydrogen-bond donors (Lipinski definition) is 0. The maximum atomic E-state index is 8.91. The van der Waals surface area contributed by atoms with Gasteiger partial charge in [0, 0.05) is 19.3 Å². The van der Waals surface area contributed by atoms with Crippen molar-refractivity contribution in [3.8, 4) is 6.07 Å². The maximum Gasteiger partial charge on any atom is 0.129 e. The number of pyridine rings is 1. The smallest absolute Gasteiger partial charge is 0.129 e. The zero-order valence-electron chi connectivity index (χ0n) is 10.1. The Morgan fingerprint density at radius 2 is 2.25 bits per heavy atom. The van der Waals surface area contributed by atoms with E-state index in [4.69, 9.17) is 5.26 Å². The average Bonchev–Trinajstić information content (AvgIpc) is 2.93. The first-order chi connectivity index (χ1) is 7.60. The third-order valence-corrected chi connectivity index (χ3v) is 3.24. The molecule has 0 spiro atoms. The van der Waals surface area contributed by atoms with E-state index in [-0.39, 0.29) is 0 Å². The van der Waals surface area contributed by atoms with E-state index in [1.54, 1.807) is 0 Å². The molecule has 1 heterocycles. The number of nitrogens with zero attached hydrogens (tertiary/aromatic N) is 3. The molecule has 0 amide bonds. The molecule has 0 N–H and O–H groups in total. The summed E-state index contributed by atoms with van der Waals surface area (Å²) in [6.07, 6.45) is 1.32. The van der Waals surface area contributed by atoms with Crippen LogP contribution in [0.3, 0.4) is 0 Å². The topological polar surface area (TPSA) is 39.9 Å². The van der Waals surface area contributed by atoms with Crippen molar-refractivity contribution in [3.63, 3.8) is 0 Å². The Morgan fingerprint density at radius 3 is 2.81 bits per heavy atom. The molecule has 0 saturated heterocycles. The molecule has 1 aliphatic carbocycles. The number of anilines is 1. The molecule has 16 heavy (non-hydrogen) atoms. The van der Waals surface area contributed by atoms with Gasteiger partial charge in [0.25, 0.3) is 0 Å². The van der Waals surface area contributed by atoms with Gasteiger partial charge >= 0.3 is 0 Å². The van der Waals surface area contributed by atoms with Gasteiger partial charge in [-0.25, -0.2) is 4.98 Å². The Kier molecular flexibility index (Phi) is 2.82.